The monoisotopic (exact) mass is 1100 g/mol. The van der Waals surface area contributed by atoms with E-state index in [1.165, 1.54) is 34.4 Å². The number of benzene rings is 5. The second-order valence-corrected chi connectivity index (χ2v) is 31.9. The first-order valence-corrected chi connectivity index (χ1v) is 28.6. The fraction of sp³-hybridized carbons (Fsp3) is 0.595. The minimum atomic E-state index is -0.509. The van der Waals surface area contributed by atoms with Crippen LogP contribution in [0.1, 0.15) is 283 Å². The lowest BCUT2D eigenvalue weighted by Gasteiger charge is -2.26. The Morgan fingerprint density at radius 3 is 0.823 bits per heavy atom. The van der Waals surface area contributed by atoms with Crippen LogP contribution in [0.25, 0.3) is 0 Å². The summed E-state index contributed by atoms with van der Waals surface area (Å²) in [5.41, 5.74) is 10.9. The van der Waals surface area contributed by atoms with Gasteiger partial charge in [0.05, 0.1) is 6.61 Å². The van der Waals surface area contributed by atoms with Crippen LogP contribution in [0.4, 0.5) is 17.6 Å². The van der Waals surface area contributed by atoms with Crippen LogP contribution >= 0.6 is 0 Å². The molecule has 446 valence electrons. The molecule has 0 radical (unpaired) electrons. The highest BCUT2D eigenvalue weighted by Crippen LogP contribution is 2.37. The maximum atomic E-state index is 14.1. The summed E-state index contributed by atoms with van der Waals surface area (Å²) in [5.74, 6) is -0.0189. The molecule has 5 rings (SSSR count). The molecular formula is C74H116F4O. The first-order chi connectivity index (χ1) is 34.6. The Hall–Kier alpha value is -4.38. The number of hydrogen-bond donors (Lipinski definition) is 0. The molecule has 0 heterocycles. The van der Waals surface area contributed by atoms with E-state index < -0.39 is 17.0 Å². The summed E-state index contributed by atoms with van der Waals surface area (Å²) >= 11 is 0. The van der Waals surface area contributed by atoms with Crippen molar-refractivity contribution in [3.05, 3.63) is 169 Å². The zero-order valence-electron chi connectivity index (χ0n) is 55.7. The molecule has 0 aliphatic rings. The molecule has 5 heteroatoms. The molecule has 0 bridgehead atoms. The fourth-order valence-electron chi connectivity index (χ4n) is 8.79. The Balaban J connectivity index is 0.000000961. The predicted octanol–water partition coefficient (Wildman–Crippen LogP) is 23.3. The standard InChI is InChI=1S/C16H26O.C15H23F.C14H20F2.C14H21F.C14H22.CH4/c1-8-17-14-11-12(15(2,3)4)9-10-13(14)16(5,6)7;1-10-8-11(14(2,3)4)9-12(16)13(10)15(5,6)7;1-13(2,3)9-7-10(15)12(11(16)8-9)14(4,5)6;1-13(2,3)10-7-8-11(12(15)9-10)14(4,5)6;1-13(2,3)11-7-9-12(10-8-11)14(4,5)6;/h9-11H,8H2,1-7H3;8-9H,1-7H3;7-8H,1-6H3;7-9H,1-6H3;7-10H,1-6H3;1H4. The Kier molecular flexibility index (Phi) is 25.6. The lowest BCUT2D eigenvalue weighted by molar-refractivity contribution is 0.328. The van der Waals surface area contributed by atoms with E-state index in [-0.39, 0.29) is 73.4 Å². The minimum absolute atomic E-state index is 0. The van der Waals surface area contributed by atoms with E-state index in [0.29, 0.717) is 5.56 Å². The van der Waals surface area contributed by atoms with Crippen LogP contribution in [0.2, 0.25) is 0 Å². The van der Waals surface area contributed by atoms with Gasteiger partial charge in [0, 0.05) is 5.56 Å². The Labute approximate surface area is 485 Å². The molecule has 0 atom stereocenters. The molecular weight excluding hydrogens is 981 g/mol. The molecule has 1 nitrogen and oxygen atoms in total. The van der Waals surface area contributed by atoms with Crippen LogP contribution < -0.4 is 4.74 Å². The molecule has 79 heavy (non-hydrogen) atoms. The predicted molar refractivity (Wildman–Crippen MR) is 342 cm³/mol. The van der Waals surface area contributed by atoms with Crippen molar-refractivity contribution in [2.24, 2.45) is 0 Å². The van der Waals surface area contributed by atoms with Crippen molar-refractivity contribution in [2.75, 3.05) is 6.61 Å². The first-order valence-electron chi connectivity index (χ1n) is 28.6. The van der Waals surface area contributed by atoms with Gasteiger partial charge in [-0.15, -0.1) is 0 Å². The van der Waals surface area contributed by atoms with E-state index >= 15 is 0 Å². The average Bonchev–Trinajstić information content (AvgIpc) is 3.20. The summed E-state index contributed by atoms with van der Waals surface area (Å²) in [7, 11) is 0. The molecule has 5 aromatic carbocycles. The van der Waals surface area contributed by atoms with Crippen molar-refractivity contribution in [3.8, 4) is 5.75 Å². The van der Waals surface area contributed by atoms with Crippen LogP contribution in [0.5, 0.6) is 5.75 Å². The van der Waals surface area contributed by atoms with E-state index in [1.807, 2.05) is 88.3 Å². The highest BCUT2D eigenvalue weighted by molar-refractivity contribution is 5.44. The molecule has 0 unspecified atom stereocenters. The quantitative estimate of drug-likeness (QED) is 0.160. The summed E-state index contributed by atoms with van der Waals surface area (Å²) < 4.78 is 61.6. The zero-order valence-corrected chi connectivity index (χ0v) is 55.7. The van der Waals surface area contributed by atoms with Gasteiger partial charge in [-0.1, -0.05) is 270 Å². The zero-order chi connectivity index (χ0) is 61.6. The molecule has 0 saturated heterocycles. The average molecular weight is 1100 g/mol. The van der Waals surface area contributed by atoms with Crippen LogP contribution in [0.15, 0.2) is 84.9 Å². The van der Waals surface area contributed by atoms with E-state index in [2.05, 4.69) is 194 Å². The number of halogens is 4. The van der Waals surface area contributed by atoms with Crippen LogP contribution in [-0.2, 0) is 54.1 Å². The van der Waals surface area contributed by atoms with Crippen LogP contribution in [-0.4, -0.2) is 6.61 Å². The van der Waals surface area contributed by atoms with Gasteiger partial charge in [0.15, 0.2) is 0 Å². The minimum Gasteiger partial charge on any atom is -0.494 e. The largest absolute Gasteiger partial charge is 0.494 e. The van der Waals surface area contributed by atoms with Crippen molar-refractivity contribution < 1.29 is 22.3 Å². The first kappa shape index (κ1) is 74.6. The number of aryl methyl sites for hydroxylation is 1. The summed E-state index contributed by atoms with van der Waals surface area (Å²) in [6, 6.07) is 28.0. The van der Waals surface area contributed by atoms with Gasteiger partial charge < -0.3 is 4.74 Å². The molecule has 0 aromatic heterocycles. The highest BCUT2D eigenvalue weighted by Gasteiger charge is 2.28. The Bertz CT molecular complexity index is 2520. The molecule has 0 aliphatic carbocycles. The van der Waals surface area contributed by atoms with E-state index in [9.17, 15) is 17.6 Å². The van der Waals surface area contributed by atoms with Gasteiger partial charge in [-0.25, -0.2) is 17.6 Å². The van der Waals surface area contributed by atoms with Gasteiger partial charge in [0.1, 0.15) is 29.0 Å². The van der Waals surface area contributed by atoms with Gasteiger partial charge in [-0.2, -0.15) is 0 Å². The third-order valence-corrected chi connectivity index (χ3v) is 13.8. The van der Waals surface area contributed by atoms with Gasteiger partial charge >= 0.3 is 0 Å². The third-order valence-electron chi connectivity index (χ3n) is 13.8. The molecule has 0 aliphatic heterocycles. The molecule has 0 spiro atoms. The van der Waals surface area contributed by atoms with Crippen LogP contribution in [0.3, 0.4) is 0 Å². The van der Waals surface area contributed by atoms with Gasteiger partial charge in [-0.05, 0) is 154 Å². The van der Waals surface area contributed by atoms with Gasteiger partial charge in [0.2, 0.25) is 0 Å². The second-order valence-electron chi connectivity index (χ2n) is 31.9. The maximum absolute atomic E-state index is 14.1. The Morgan fingerprint density at radius 2 is 0.557 bits per heavy atom. The smallest absolute Gasteiger partial charge is 0.130 e. The van der Waals surface area contributed by atoms with E-state index in [1.54, 1.807) is 12.1 Å². The van der Waals surface area contributed by atoms with Gasteiger partial charge in [0.25, 0.3) is 0 Å². The lowest BCUT2D eigenvalue weighted by Crippen LogP contribution is -2.19. The molecule has 0 saturated carbocycles. The van der Waals surface area contributed by atoms with Crippen molar-refractivity contribution in [1.82, 2.24) is 0 Å². The molecule has 0 fully saturated rings. The topological polar surface area (TPSA) is 9.23 Å². The number of ether oxygens (including phenoxy) is 1. The third kappa shape index (κ3) is 23.6. The molecule has 0 amide bonds. The molecule has 0 N–H and O–H groups in total. The summed E-state index contributed by atoms with van der Waals surface area (Å²) in [6.07, 6.45) is 0. The highest BCUT2D eigenvalue weighted by atomic mass is 19.1. The van der Waals surface area contributed by atoms with Crippen LogP contribution in [0, 0.1) is 30.2 Å². The second kappa shape index (κ2) is 27.1. The Morgan fingerprint density at radius 1 is 0.291 bits per heavy atom. The normalized spacial score (nSPS) is 12.8. The fourth-order valence-corrected chi connectivity index (χ4v) is 8.79. The summed E-state index contributed by atoms with van der Waals surface area (Å²) in [5, 5.41) is 0. The van der Waals surface area contributed by atoms with Crippen molar-refractivity contribution in [2.45, 2.75) is 283 Å². The van der Waals surface area contributed by atoms with Gasteiger partial charge in [-0.3, -0.25) is 0 Å². The van der Waals surface area contributed by atoms with Crippen molar-refractivity contribution in [1.29, 1.82) is 0 Å². The number of hydrogen-bond acceptors (Lipinski definition) is 1. The maximum Gasteiger partial charge on any atom is 0.130 e. The summed E-state index contributed by atoms with van der Waals surface area (Å²) in [6.45, 7) is 67.7. The molecule has 5 aromatic rings. The van der Waals surface area contributed by atoms with E-state index in [0.717, 1.165) is 40.2 Å². The number of rotatable bonds is 2. The van der Waals surface area contributed by atoms with Crippen molar-refractivity contribution >= 4 is 0 Å². The lowest BCUT2D eigenvalue weighted by atomic mass is 9.79. The summed E-state index contributed by atoms with van der Waals surface area (Å²) in [4.78, 5) is 0. The van der Waals surface area contributed by atoms with E-state index in [4.69, 9.17) is 4.74 Å². The SMILES string of the molecule is C.CC(C)(C)c1cc(F)c(C(C)(C)C)c(F)c1.CC(C)(C)c1ccc(C(C)(C)C)c(F)c1.CC(C)(C)c1ccc(C(C)(C)C)cc1.CCOc1cc(C(C)(C)C)ccc1C(C)(C)C.Cc1cc(C(C)(C)C)cc(F)c1C(C)(C)C. The van der Waals surface area contributed by atoms with Crippen molar-refractivity contribution in [3.63, 3.8) is 0 Å².